The molecule has 0 unspecified atom stereocenters. The van der Waals surface area contributed by atoms with Crippen molar-refractivity contribution in [1.82, 2.24) is 0 Å². The Morgan fingerprint density at radius 1 is 0.933 bits per heavy atom. The molecule has 2 aromatic rings. The highest BCUT2D eigenvalue weighted by atomic mass is 32.2. The van der Waals surface area contributed by atoms with E-state index in [1.165, 1.54) is 21.3 Å². The van der Waals surface area contributed by atoms with E-state index >= 15 is 0 Å². The molecule has 0 aliphatic rings. The van der Waals surface area contributed by atoms with E-state index in [-0.39, 0.29) is 17.2 Å². The number of rotatable bonds is 8. The number of benzene rings is 2. The quantitative estimate of drug-likeness (QED) is 0.515. The van der Waals surface area contributed by atoms with Crippen LogP contribution >= 0.6 is 0 Å². The van der Waals surface area contributed by atoms with Gasteiger partial charge in [0.1, 0.15) is 17.0 Å². The number of esters is 1. The average Bonchev–Trinajstić information content (AvgIpc) is 2.72. The van der Waals surface area contributed by atoms with Gasteiger partial charge in [0.15, 0.2) is 11.5 Å². The van der Waals surface area contributed by atoms with Gasteiger partial charge in [-0.1, -0.05) is 0 Å². The Hall–Kier alpha value is -3.67. The fourth-order valence-electron chi connectivity index (χ4n) is 2.58. The molecule has 0 aliphatic heterocycles. The van der Waals surface area contributed by atoms with Gasteiger partial charge in [0.05, 0.1) is 38.9 Å². The number of hydrogen-bond donors (Lipinski definition) is 3. The highest BCUT2D eigenvalue weighted by Gasteiger charge is 2.28. The van der Waals surface area contributed by atoms with Crippen LogP contribution in [0.5, 0.6) is 23.0 Å². The minimum Gasteiger partial charge on any atom is -0.507 e. The maximum absolute atomic E-state index is 12.9. The van der Waals surface area contributed by atoms with Crippen LogP contribution < -0.4 is 18.9 Å². The van der Waals surface area contributed by atoms with E-state index in [9.17, 15) is 28.2 Å². The predicted octanol–water partition coefficient (Wildman–Crippen LogP) is 1.70. The summed E-state index contributed by atoms with van der Waals surface area (Å²) in [6.07, 6.45) is 0. The Balaban J connectivity index is 2.69. The smallest absolute Gasteiger partial charge is 0.341 e. The first-order valence-electron chi connectivity index (χ1n) is 8.11. The van der Waals surface area contributed by atoms with Gasteiger partial charge in [-0.25, -0.2) is 18.0 Å². The second-order valence-electron chi connectivity index (χ2n) is 5.65. The molecule has 0 aliphatic carbocycles. The van der Waals surface area contributed by atoms with Crippen LogP contribution in [0.25, 0.3) is 0 Å². The van der Waals surface area contributed by atoms with E-state index in [1.807, 2.05) is 0 Å². The Labute approximate surface area is 171 Å². The first-order chi connectivity index (χ1) is 14.1. The highest BCUT2D eigenvalue weighted by Crippen LogP contribution is 2.46. The zero-order valence-electron chi connectivity index (χ0n) is 16.4. The number of nitrogens with one attached hydrogen (secondary N) is 1. The zero-order valence-corrected chi connectivity index (χ0v) is 17.2. The fraction of sp³-hybridized carbons (Fsp3) is 0.222. The summed E-state index contributed by atoms with van der Waals surface area (Å²) in [6.45, 7) is 0. The van der Waals surface area contributed by atoms with Crippen LogP contribution in [0.1, 0.15) is 20.7 Å². The summed E-state index contributed by atoms with van der Waals surface area (Å²) >= 11 is 0. The van der Waals surface area contributed by atoms with E-state index in [2.05, 4.69) is 9.46 Å². The van der Waals surface area contributed by atoms with Gasteiger partial charge in [0, 0.05) is 6.07 Å². The molecule has 162 valence electrons. The Kier molecular flexibility index (Phi) is 6.62. The van der Waals surface area contributed by atoms with E-state index in [0.29, 0.717) is 0 Å². The average molecular weight is 441 g/mol. The number of aromatic carboxylic acids is 1. The van der Waals surface area contributed by atoms with Crippen molar-refractivity contribution in [1.29, 1.82) is 0 Å². The van der Waals surface area contributed by atoms with Crippen LogP contribution in [-0.4, -0.2) is 59.0 Å². The number of carboxylic acids is 1. The Morgan fingerprint density at radius 2 is 1.57 bits per heavy atom. The van der Waals surface area contributed by atoms with Gasteiger partial charge in [0.2, 0.25) is 5.75 Å². The maximum atomic E-state index is 12.9. The fourth-order valence-corrected chi connectivity index (χ4v) is 3.68. The second-order valence-corrected chi connectivity index (χ2v) is 7.33. The number of phenolic OH excluding ortho intramolecular Hbond substituents is 1. The van der Waals surface area contributed by atoms with Crippen LogP contribution in [0, 0.1) is 0 Å². The van der Waals surface area contributed by atoms with Gasteiger partial charge in [-0.15, -0.1) is 0 Å². The standard InChI is InChI=1S/C18H19NO10S/c1-26-13-8-11(17(21)22)14(16(28-3)15(13)27-2)19-30(24,25)9-5-6-12(20)10(7-9)18(23)29-4/h5-8,19-20H,1-4H3,(H,21,22). The molecule has 0 spiro atoms. The molecule has 0 amide bonds. The molecule has 0 bridgehead atoms. The van der Waals surface area contributed by atoms with E-state index in [0.717, 1.165) is 31.4 Å². The molecule has 0 saturated carbocycles. The number of hydrogen-bond acceptors (Lipinski definition) is 9. The summed E-state index contributed by atoms with van der Waals surface area (Å²) in [5.41, 5.74) is -1.28. The van der Waals surface area contributed by atoms with Crippen LogP contribution in [0.15, 0.2) is 29.2 Å². The molecule has 0 heterocycles. The van der Waals surface area contributed by atoms with Crippen molar-refractivity contribution in [2.75, 3.05) is 33.2 Å². The van der Waals surface area contributed by atoms with Crippen LogP contribution in [0.4, 0.5) is 5.69 Å². The van der Waals surface area contributed by atoms with Crippen molar-refractivity contribution in [3.8, 4) is 23.0 Å². The first-order valence-corrected chi connectivity index (χ1v) is 9.60. The summed E-state index contributed by atoms with van der Waals surface area (Å²) < 4.78 is 47.9. The number of methoxy groups -OCH3 is 4. The lowest BCUT2D eigenvalue weighted by molar-refractivity contribution is 0.0596. The van der Waals surface area contributed by atoms with Crippen LogP contribution in [-0.2, 0) is 14.8 Å². The van der Waals surface area contributed by atoms with E-state index < -0.39 is 49.4 Å². The first kappa shape index (κ1) is 22.6. The lowest BCUT2D eigenvalue weighted by Gasteiger charge is -2.19. The number of ether oxygens (including phenoxy) is 4. The largest absolute Gasteiger partial charge is 0.507 e. The molecule has 30 heavy (non-hydrogen) atoms. The van der Waals surface area contributed by atoms with Crippen molar-refractivity contribution >= 4 is 27.6 Å². The third kappa shape index (κ3) is 4.17. The number of carbonyl (C=O) groups is 2. The Bertz CT molecular complexity index is 1090. The lowest BCUT2D eigenvalue weighted by atomic mass is 10.1. The number of carbonyl (C=O) groups excluding carboxylic acids is 1. The summed E-state index contributed by atoms with van der Waals surface area (Å²) in [4.78, 5) is 23.0. The van der Waals surface area contributed by atoms with Gasteiger partial charge in [-0.3, -0.25) is 4.72 Å². The lowest BCUT2D eigenvalue weighted by Crippen LogP contribution is -2.18. The van der Waals surface area contributed by atoms with Gasteiger partial charge in [-0.2, -0.15) is 0 Å². The van der Waals surface area contributed by atoms with Crippen LogP contribution in [0.3, 0.4) is 0 Å². The molecule has 0 fully saturated rings. The summed E-state index contributed by atoms with van der Waals surface area (Å²) in [5, 5.41) is 19.3. The molecule has 12 heteroatoms. The molecule has 0 atom stereocenters. The van der Waals surface area contributed by atoms with Gasteiger partial charge >= 0.3 is 11.9 Å². The molecule has 0 aromatic heterocycles. The molecular weight excluding hydrogens is 422 g/mol. The number of sulfonamides is 1. The third-order valence-electron chi connectivity index (χ3n) is 3.98. The number of aromatic hydroxyl groups is 1. The number of anilines is 1. The van der Waals surface area contributed by atoms with Crippen molar-refractivity contribution in [2.24, 2.45) is 0 Å². The highest BCUT2D eigenvalue weighted by molar-refractivity contribution is 7.92. The second kappa shape index (κ2) is 8.78. The molecule has 0 radical (unpaired) electrons. The van der Waals surface area contributed by atoms with Gasteiger partial charge < -0.3 is 29.2 Å². The summed E-state index contributed by atoms with van der Waals surface area (Å²) in [5.74, 6) is -3.18. The van der Waals surface area contributed by atoms with E-state index in [1.54, 1.807) is 0 Å². The van der Waals surface area contributed by atoms with Crippen molar-refractivity contribution in [3.05, 3.63) is 35.4 Å². The van der Waals surface area contributed by atoms with Crippen molar-refractivity contribution in [2.45, 2.75) is 4.90 Å². The SMILES string of the molecule is COC(=O)c1cc(S(=O)(=O)Nc2c(C(=O)O)cc(OC)c(OC)c2OC)ccc1O. The molecule has 0 saturated heterocycles. The molecule has 2 aromatic carbocycles. The minimum absolute atomic E-state index is 0.00677. The van der Waals surface area contributed by atoms with Crippen LogP contribution in [0.2, 0.25) is 0 Å². The summed E-state index contributed by atoms with van der Waals surface area (Å²) in [6, 6.07) is 3.97. The molecule has 3 N–H and O–H groups in total. The van der Waals surface area contributed by atoms with E-state index in [4.69, 9.17) is 14.2 Å². The molecular formula is C18H19NO10S. The monoisotopic (exact) mass is 441 g/mol. The number of phenols is 1. The maximum Gasteiger partial charge on any atom is 0.341 e. The van der Waals surface area contributed by atoms with Crippen molar-refractivity contribution in [3.63, 3.8) is 0 Å². The summed E-state index contributed by atoms with van der Waals surface area (Å²) in [7, 11) is 0.360. The topological polar surface area (TPSA) is 158 Å². The minimum atomic E-state index is -4.44. The Morgan fingerprint density at radius 3 is 2.07 bits per heavy atom. The predicted molar refractivity (Wildman–Crippen MR) is 103 cm³/mol. The normalized spacial score (nSPS) is 10.8. The number of carboxylic acid groups (broad SMARTS) is 1. The molecule has 2 rings (SSSR count). The molecule has 11 nitrogen and oxygen atoms in total. The third-order valence-corrected chi connectivity index (χ3v) is 5.33. The van der Waals surface area contributed by atoms with Crippen molar-refractivity contribution < 1.29 is 47.2 Å². The zero-order chi connectivity index (χ0) is 22.6. The van der Waals surface area contributed by atoms with Gasteiger partial charge in [0.25, 0.3) is 10.0 Å². The van der Waals surface area contributed by atoms with Gasteiger partial charge in [-0.05, 0) is 18.2 Å².